The Morgan fingerprint density at radius 1 is 1.22 bits per heavy atom. The number of amides is 1. The maximum absolute atomic E-state index is 13.0. The smallest absolute Gasteiger partial charge is 0.223 e. The maximum Gasteiger partial charge on any atom is 0.223 e. The lowest BCUT2D eigenvalue weighted by atomic mass is 9.95. The topological polar surface area (TPSA) is 75.9 Å². The van der Waals surface area contributed by atoms with Crippen molar-refractivity contribution in [2.45, 2.75) is 70.9 Å². The van der Waals surface area contributed by atoms with Crippen molar-refractivity contribution in [3.63, 3.8) is 0 Å². The van der Waals surface area contributed by atoms with E-state index < -0.39 is 0 Å². The van der Waals surface area contributed by atoms with Crippen molar-refractivity contribution >= 4 is 34.2 Å². The monoisotopic (exact) mass is 452 g/mol. The van der Waals surface area contributed by atoms with Crippen LogP contribution in [-0.4, -0.2) is 38.5 Å². The third kappa shape index (κ3) is 4.25. The van der Waals surface area contributed by atoms with Gasteiger partial charge in [-0.3, -0.25) is 4.79 Å². The van der Waals surface area contributed by atoms with E-state index >= 15 is 0 Å². The van der Waals surface area contributed by atoms with E-state index in [0.717, 1.165) is 74.5 Å². The molecule has 170 valence electrons. The summed E-state index contributed by atoms with van der Waals surface area (Å²) in [5, 5.41) is 5.41. The van der Waals surface area contributed by atoms with Crippen LogP contribution in [0.3, 0.4) is 0 Å². The molecular formula is C24H32N6OS. The number of aromatic nitrogens is 4. The Balaban J connectivity index is 1.27. The first kappa shape index (κ1) is 21.4. The number of imidazole rings is 1. The quantitative estimate of drug-likeness (QED) is 0.596. The number of thiophene rings is 1. The second-order valence-corrected chi connectivity index (χ2v) is 9.97. The maximum atomic E-state index is 13.0. The summed E-state index contributed by atoms with van der Waals surface area (Å²) in [5.74, 6) is 2.32. The summed E-state index contributed by atoms with van der Waals surface area (Å²) >= 11 is 1.72. The predicted octanol–water partition coefficient (Wildman–Crippen LogP) is 4.49. The van der Waals surface area contributed by atoms with Crippen LogP contribution in [0.2, 0.25) is 0 Å². The zero-order valence-corrected chi connectivity index (χ0v) is 19.6. The summed E-state index contributed by atoms with van der Waals surface area (Å²) in [6, 6.07) is 4.32. The molecule has 2 aliphatic rings. The van der Waals surface area contributed by atoms with Crippen LogP contribution in [0.1, 0.15) is 68.6 Å². The molecular weight excluding hydrogens is 420 g/mol. The van der Waals surface area contributed by atoms with Gasteiger partial charge in [0.25, 0.3) is 0 Å². The fourth-order valence-electron chi connectivity index (χ4n) is 5.06. The first-order chi connectivity index (χ1) is 15.7. The molecule has 1 atom stereocenters. The minimum absolute atomic E-state index is 0.0570. The molecule has 3 aromatic heterocycles. The van der Waals surface area contributed by atoms with Gasteiger partial charge in [0.05, 0.1) is 6.04 Å². The van der Waals surface area contributed by atoms with E-state index in [9.17, 15) is 4.79 Å². The summed E-state index contributed by atoms with van der Waals surface area (Å²) < 4.78 is 2.28. The molecule has 0 radical (unpaired) electrons. The number of aryl methyl sites for hydroxylation is 2. The van der Waals surface area contributed by atoms with Gasteiger partial charge < -0.3 is 14.8 Å². The van der Waals surface area contributed by atoms with Crippen LogP contribution < -0.4 is 10.2 Å². The molecule has 5 rings (SSSR count). The van der Waals surface area contributed by atoms with Gasteiger partial charge in [0.15, 0.2) is 17.0 Å². The Hall–Kier alpha value is -2.48. The van der Waals surface area contributed by atoms with E-state index in [2.05, 4.69) is 49.2 Å². The van der Waals surface area contributed by atoms with Gasteiger partial charge in [-0.1, -0.05) is 25.8 Å². The standard InChI is InChI=1S/C24H32N6OS/c1-2-7-18(19-8-6-15-32-19)27-24(31)17-10-13-29(14-11-17)22-21-23(26-16-25-22)30-12-5-3-4-9-20(30)28-21/h6,8,15-18H,2-5,7,9-14H2,1H3,(H,27,31)/t18-/m0/s1. The predicted molar refractivity (Wildman–Crippen MR) is 128 cm³/mol. The molecule has 0 aromatic carbocycles. The molecule has 1 fully saturated rings. The third-order valence-electron chi connectivity index (χ3n) is 6.82. The molecule has 1 N–H and O–H groups in total. The summed E-state index contributed by atoms with van der Waals surface area (Å²) in [6.45, 7) is 4.81. The highest BCUT2D eigenvalue weighted by molar-refractivity contribution is 7.10. The van der Waals surface area contributed by atoms with E-state index in [-0.39, 0.29) is 17.9 Å². The Morgan fingerprint density at radius 3 is 2.88 bits per heavy atom. The zero-order valence-electron chi connectivity index (χ0n) is 18.8. The lowest BCUT2D eigenvalue weighted by molar-refractivity contribution is -0.126. The number of nitrogens with one attached hydrogen (secondary N) is 1. The first-order valence-corrected chi connectivity index (χ1v) is 12.9. The number of carbonyl (C=O) groups excluding carboxylic acids is 1. The molecule has 1 saturated heterocycles. The molecule has 0 spiro atoms. The number of piperidine rings is 1. The van der Waals surface area contributed by atoms with E-state index in [1.165, 1.54) is 24.1 Å². The second-order valence-electron chi connectivity index (χ2n) is 8.99. The van der Waals surface area contributed by atoms with Crippen LogP contribution in [0.5, 0.6) is 0 Å². The van der Waals surface area contributed by atoms with Crippen LogP contribution in [0.4, 0.5) is 5.82 Å². The van der Waals surface area contributed by atoms with E-state index in [0.29, 0.717) is 0 Å². The van der Waals surface area contributed by atoms with Crippen molar-refractivity contribution in [3.8, 4) is 0 Å². The fraction of sp³-hybridized carbons (Fsp3) is 0.583. The minimum atomic E-state index is 0.0570. The highest BCUT2D eigenvalue weighted by atomic mass is 32.1. The van der Waals surface area contributed by atoms with Crippen molar-refractivity contribution in [2.75, 3.05) is 18.0 Å². The Morgan fingerprint density at radius 2 is 2.09 bits per heavy atom. The van der Waals surface area contributed by atoms with Crippen LogP contribution in [0.25, 0.3) is 11.2 Å². The van der Waals surface area contributed by atoms with E-state index in [4.69, 9.17) is 4.98 Å². The molecule has 0 bridgehead atoms. The van der Waals surface area contributed by atoms with Gasteiger partial charge in [0.1, 0.15) is 12.2 Å². The number of fused-ring (bicyclic) bond motifs is 3. The molecule has 0 unspecified atom stereocenters. The molecule has 7 nitrogen and oxygen atoms in total. The summed E-state index contributed by atoms with van der Waals surface area (Å²) in [5.41, 5.74) is 1.89. The van der Waals surface area contributed by atoms with Crippen molar-refractivity contribution in [2.24, 2.45) is 5.92 Å². The normalized spacial score (nSPS) is 18.3. The Bertz CT molecular complexity index is 1050. The van der Waals surface area contributed by atoms with Crippen molar-refractivity contribution in [1.82, 2.24) is 24.8 Å². The van der Waals surface area contributed by atoms with Gasteiger partial charge in [-0.2, -0.15) is 0 Å². The van der Waals surface area contributed by atoms with Gasteiger partial charge >= 0.3 is 0 Å². The zero-order chi connectivity index (χ0) is 21.9. The number of hydrogen-bond donors (Lipinski definition) is 1. The third-order valence-corrected chi connectivity index (χ3v) is 7.81. The van der Waals surface area contributed by atoms with Crippen molar-refractivity contribution < 1.29 is 4.79 Å². The highest BCUT2D eigenvalue weighted by Crippen LogP contribution is 2.30. The Labute approximate surface area is 193 Å². The van der Waals surface area contributed by atoms with Gasteiger partial charge in [-0.05, 0) is 43.6 Å². The van der Waals surface area contributed by atoms with Crippen LogP contribution in [-0.2, 0) is 17.8 Å². The summed E-state index contributed by atoms with van der Waals surface area (Å²) in [7, 11) is 0. The van der Waals surface area contributed by atoms with E-state index in [1.807, 2.05) is 0 Å². The minimum Gasteiger partial charge on any atom is -0.355 e. The van der Waals surface area contributed by atoms with Crippen LogP contribution >= 0.6 is 11.3 Å². The van der Waals surface area contributed by atoms with Crippen LogP contribution in [0, 0.1) is 5.92 Å². The number of anilines is 1. The average Bonchev–Trinajstić information content (AvgIpc) is 3.41. The lowest BCUT2D eigenvalue weighted by Crippen LogP contribution is -2.41. The SMILES string of the molecule is CCC[C@H](NC(=O)C1CCN(c2ncnc3c2nc2n3CCCCC2)CC1)c1cccs1. The number of nitrogens with zero attached hydrogens (tertiary/aromatic N) is 5. The molecule has 3 aromatic rings. The summed E-state index contributed by atoms with van der Waals surface area (Å²) in [6.07, 6.45) is 10.0. The molecule has 32 heavy (non-hydrogen) atoms. The number of carbonyl (C=O) groups is 1. The van der Waals surface area contributed by atoms with Gasteiger partial charge in [-0.25, -0.2) is 15.0 Å². The molecule has 5 heterocycles. The summed E-state index contributed by atoms with van der Waals surface area (Å²) in [4.78, 5) is 30.7. The largest absolute Gasteiger partial charge is 0.355 e. The molecule has 0 saturated carbocycles. The average molecular weight is 453 g/mol. The first-order valence-electron chi connectivity index (χ1n) is 12.0. The van der Waals surface area contributed by atoms with Crippen LogP contribution in [0.15, 0.2) is 23.8 Å². The second kappa shape index (κ2) is 9.57. The highest BCUT2D eigenvalue weighted by Gasteiger charge is 2.29. The fourth-order valence-corrected chi connectivity index (χ4v) is 5.88. The van der Waals surface area contributed by atoms with Gasteiger partial charge in [-0.15, -0.1) is 11.3 Å². The molecule has 8 heteroatoms. The lowest BCUT2D eigenvalue weighted by Gasteiger charge is -2.32. The molecule has 1 amide bonds. The number of rotatable bonds is 6. The number of hydrogen-bond acceptors (Lipinski definition) is 6. The molecule has 2 aliphatic heterocycles. The molecule has 0 aliphatic carbocycles. The van der Waals surface area contributed by atoms with Crippen molar-refractivity contribution in [1.29, 1.82) is 0 Å². The van der Waals surface area contributed by atoms with E-state index in [1.54, 1.807) is 17.7 Å². The van der Waals surface area contributed by atoms with Gasteiger partial charge in [0.2, 0.25) is 5.91 Å². The Kier molecular flexibility index (Phi) is 6.39. The van der Waals surface area contributed by atoms with Gasteiger partial charge in [0, 0.05) is 36.9 Å². The van der Waals surface area contributed by atoms with Crippen molar-refractivity contribution in [3.05, 3.63) is 34.5 Å².